The van der Waals surface area contributed by atoms with Gasteiger partial charge < -0.3 is 10.6 Å². The van der Waals surface area contributed by atoms with E-state index in [0.29, 0.717) is 5.82 Å². The van der Waals surface area contributed by atoms with Gasteiger partial charge in [-0.25, -0.2) is 4.98 Å². The van der Waals surface area contributed by atoms with Gasteiger partial charge in [-0.2, -0.15) is 0 Å². The van der Waals surface area contributed by atoms with Crippen molar-refractivity contribution in [3.05, 3.63) is 102 Å². The molecule has 0 atom stereocenters. The Morgan fingerprint density at radius 3 is 2.72 bits per heavy atom. The molecule has 0 amide bonds. The van der Waals surface area contributed by atoms with E-state index in [1.807, 2.05) is 18.5 Å². The van der Waals surface area contributed by atoms with Crippen LogP contribution in [-0.4, -0.2) is 21.4 Å². The molecule has 142 valence electrons. The average molecular weight is 378 g/mol. The highest BCUT2D eigenvalue weighted by Gasteiger charge is 2.10. The number of hydrogen-bond acceptors (Lipinski definition) is 4. The summed E-state index contributed by atoms with van der Waals surface area (Å²) in [6.07, 6.45) is 13.0. The van der Waals surface area contributed by atoms with E-state index in [-0.39, 0.29) is 0 Å². The minimum atomic E-state index is 0.586. The van der Waals surface area contributed by atoms with Crippen LogP contribution >= 0.6 is 0 Å². The van der Waals surface area contributed by atoms with Gasteiger partial charge in [0.1, 0.15) is 5.82 Å². The Bertz CT molecular complexity index is 1260. The minimum Gasteiger partial charge on any atom is -0.383 e. The molecule has 0 saturated carbocycles. The molecule has 5 rings (SSSR count). The van der Waals surface area contributed by atoms with Gasteiger partial charge in [-0.3, -0.25) is 4.98 Å². The molecule has 0 fully saturated rings. The summed E-state index contributed by atoms with van der Waals surface area (Å²) in [5.41, 5.74) is 9.97. The average Bonchev–Trinajstić information content (AvgIpc) is 2.74. The summed E-state index contributed by atoms with van der Waals surface area (Å²) in [6.45, 7) is 1.80. The van der Waals surface area contributed by atoms with Crippen molar-refractivity contribution in [3.63, 3.8) is 0 Å². The monoisotopic (exact) mass is 378 g/mol. The summed E-state index contributed by atoms with van der Waals surface area (Å²) >= 11 is 0. The number of allylic oxidation sites excluding steroid dienone is 2. The molecule has 4 aromatic rings. The van der Waals surface area contributed by atoms with Gasteiger partial charge in [-0.05, 0) is 70.4 Å². The SMILES string of the molecule is Nc1nccc2cc(CN3C=CC=C(Cc4ccc5ccncc5c4)C3)ccc12. The van der Waals surface area contributed by atoms with Gasteiger partial charge in [0.2, 0.25) is 0 Å². The van der Waals surface area contributed by atoms with Gasteiger partial charge in [0, 0.05) is 42.5 Å². The van der Waals surface area contributed by atoms with Crippen LogP contribution in [0.3, 0.4) is 0 Å². The van der Waals surface area contributed by atoms with Crippen molar-refractivity contribution in [2.24, 2.45) is 0 Å². The fourth-order valence-electron chi connectivity index (χ4n) is 3.98. The number of pyridine rings is 2. The van der Waals surface area contributed by atoms with E-state index in [1.165, 1.54) is 27.5 Å². The van der Waals surface area contributed by atoms with Gasteiger partial charge in [-0.1, -0.05) is 30.3 Å². The second-order valence-electron chi connectivity index (χ2n) is 7.56. The summed E-state index contributed by atoms with van der Waals surface area (Å²) in [5.74, 6) is 0.586. The number of fused-ring (bicyclic) bond motifs is 2. The fraction of sp³-hybridized carbons (Fsp3) is 0.120. The quantitative estimate of drug-likeness (QED) is 0.551. The van der Waals surface area contributed by atoms with Crippen LogP contribution in [0.25, 0.3) is 21.5 Å². The first-order valence-electron chi connectivity index (χ1n) is 9.81. The van der Waals surface area contributed by atoms with Crippen LogP contribution in [0, 0.1) is 0 Å². The molecule has 1 aliphatic heterocycles. The number of nitrogen functional groups attached to an aromatic ring is 1. The predicted molar refractivity (Wildman–Crippen MR) is 119 cm³/mol. The molecule has 0 unspecified atom stereocenters. The summed E-state index contributed by atoms with van der Waals surface area (Å²) in [6, 6.07) is 17.1. The van der Waals surface area contributed by atoms with Crippen LogP contribution in [-0.2, 0) is 13.0 Å². The van der Waals surface area contributed by atoms with Gasteiger partial charge in [0.05, 0.1) is 0 Å². The lowest BCUT2D eigenvalue weighted by Crippen LogP contribution is -2.22. The zero-order valence-electron chi connectivity index (χ0n) is 16.1. The van der Waals surface area contributed by atoms with Crippen LogP contribution in [0.5, 0.6) is 0 Å². The van der Waals surface area contributed by atoms with E-state index in [1.54, 1.807) is 6.20 Å². The Hall–Kier alpha value is -3.66. The summed E-state index contributed by atoms with van der Waals surface area (Å²) in [7, 11) is 0. The van der Waals surface area contributed by atoms with Gasteiger partial charge in [0.25, 0.3) is 0 Å². The maximum atomic E-state index is 5.97. The number of benzene rings is 2. The van der Waals surface area contributed by atoms with Crippen molar-refractivity contribution < 1.29 is 0 Å². The lowest BCUT2D eigenvalue weighted by molar-refractivity contribution is 0.393. The summed E-state index contributed by atoms with van der Waals surface area (Å²) in [5, 5.41) is 4.57. The molecule has 2 N–H and O–H groups in total. The van der Waals surface area contributed by atoms with Crippen LogP contribution in [0.4, 0.5) is 5.82 Å². The molecule has 0 spiro atoms. The molecule has 0 bridgehead atoms. The van der Waals surface area contributed by atoms with Crippen LogP contribution in [0.15, 0.2) is 91.0 Å². The maximum Gasteiger partial charge on any atom is 0.131 e. The van der Waals surface area contributed by atoms with Crippen LogP contribution < -0.4 is 5.73 Å². The second-order valence-corrected chi connectivity index (χ2v) is 7.56. The molecule has 1 aliphatic rings. The molecule has 2 aromatic carbocycles. The van der Waals surface area contributed by atoms with E-state index >= 15 is 0 Å². The lowest BCUT2D eigenvalue weighted by Gasteiger charge is -2.25. The number of nitrogens with two attached hydrogens (primary N) is 1. The highest BCUT2D eigenvalue weighted by atomic mass is 15.1. The smallest absolute Gasteiger partial charge is 0.131 e. The van der Waals surface area contributed by atoms with Crippen molar-refractivity contribution in [1.29, 1.82) is 0 Å². The third kappa shape index (κ3) is 3.69. The van der Waals surface area contributed by atoms with Gasteiger partial charge >= 0.3 is 0 Å². The molecule has 0 aliphatic carbocycles. The molecule has 2 aromatic heterocycles. The zero-order chi connectivity index (χ0) is 19.6. The van der Waals surface area contributed by atoms with E-state index in [4.69, 9.17) is 5.73 Å². The molecule has 3 heterocycles. The first-order valence-corrected chi connectivity index (χ1v) is 9.81. The van der Waals surface area contributed by atoms with E-state index in [9.17, 15) is 0 Å². The number of nitrogens with zero attached hydrogens (tertiary/aromatic N) is 3. The second kappa shape index (κ2) is 7.40. The largest absolute Gasteiger partial charge is 0.383 e. The third-order valence-electron chi connectivity index (χ3n) is 5.42. The Kier molecular flexibility index (Phi) is 4.45. The summed E-state index contributed by atoms with van der Waals surface area (Å²) < 4.78 is 0. The Morgan fingerprint density at radius 1 is 0.897 bits per heavy atom. The lowest BCUT2D eigenvalue weighted by atomic mass is 10.00. The molecular weight excluding hydrogens is 356 g/mol. The Labute approximate surface area is 170 Å². The standard InChI is InChI=1S/C25H22N4/c26-25-24-6-4-20(14-22(24)8-10-28-25)17-29-11-1-2-19(16-29)12-18-3-5-21-7-9-27-15-23(21)13-18/h1-11,13-15H,12,16-17H2,(H2,26,28). The summed E-state index contributed by atoms with van der Waals surface area (Å²) in [4.78, 5) is 10.8. The Balaban J connectivity index is 1.30. The number of rotatable bonds is 4. The zero-order valence-corrected chi connectivity index (χ0v) is 16.1. The van der Waals surface area contributed by atoms with E-state index in [2.05, 4.69) is 75.7 Å². The minimum absolute atomic E-state index is 0.586. The molecule has 0 radical (unpaired) electrons. The third-order valence-corrected chi connectivity index (χ3v) is 5.42. The van der Waals surface area contributed by atoms with Crippen LogP contribution in [0.1, 0.15) is 11.1 Å². The number of aromatic nitrogens is 2. The van der Waals surface area contributed by atoms with E-state index in [0.717, 1.165) is 30.3 Å². The van der Waals surface area contributed by atoms with Crippen LogP contribution in [0.2, 0.25) is 0 Å². The highest BCUT2D eigenvalue weighted by molar-refractivity contribution is 5.91. The molecule has 29 heavy (non-hydrogen) atoms. The van der Waals surface area contributed by atoms with Gasteiger partial charge in [-0.15, -0.1) is 0 Å². The van der Waals surface area contributed by atoms with Crippen molar-refractivity contribution in [2.75, 3.05) is 12.3 Å². The van der Waals surface area contributed by atoms with Crippen molar-refractivity contribution in [1.82, 2.24) is 14.9 Å². The van der Waals surface area contributed by atoms with Crippen molar-refractivity contribution >= 4 is 27.4 Å². The molecular formula is C25H22N4. The number of anilines is 1. The maximum absolute atomic E-state index is 5.97. The molecule has 0 saturated heterocycles. The van der Waals surface area contributed by atoms with Crippen molar-refractivity contribution in [3.8, 4) is 0 Å². The Morgan fingerprint density at radius 2 is 1.76 bits per heavy atom. The van der Waals surface area contributed by atoms with Crippen molar-refractivity contribution in [2.45, 2.75) is 13.0 Å². The first-order chi connectivity index (χ1) is 14.2. The fourth-order valence-corrected chi connectivity index (χ4v) is 3.98. The van der Waals surface area contributed by atoms with Gasteiger partial charge in [0.15, 0.2) is 0 Å². The highest BCUT2D eigenvalue weighted by Crippen LogP contribution is 2.23. The topological polar surface area (TPSA) is 55.0 Å². The number of hydrogen-bond donors (Lipinski definition) is 1. The predicted octanol–water partition coefficient (Wildman–Crippen LogP) is 4.86. The van der Waals surface area contributed by atoms with E-state index < -0.39 is 0 Å². The normalized spacial score (nSPS) is 13.8. The first kappa shape index (κ1) is 17.4. The molecule has 4 heteroatoms. The molecule has 4 nitrogen and oxygen atoms in total.